The first kappa shape index (κ1) is 31.5. The Bertz CT molecular complexity index is 1560. The molecule has 0 aliphatic carbocycles. The van der Waals surface area contributed by atoms with Gasteiger partial charge in [-0.1, -0.05) is 23.7 Å². The van der Waals surface area contributed by atoms with Gasteiger partial charge in [-0.3, -0.25) is 9.69 Å². The van der Waals surface area contributed by atoms with E-state index in [9.17, 15) is 19.5 Å². The molecule has 1 heterocycles. The summed E-state index contributed by atoms with van der Waals surface area (Å²) in [6, 6.07) is 16.7. The van der Waals surface area contributed by atoms with Crippen molar-refractivity contribution in [1.29, 1.82) is 0 Å². The van der Waals surface area contributed by atoms with E-state index in [0.29, 0.717) is 39.4 Å². The fourth-order valence-corrected chi connectivity index (χ4v) is 5.26. The predicted molar refractivity (Wildman–Crippen MR) is 164 cm³/mol. The van der Waals surface area contributed by atoms with Crippen LogP contribution >= 0.6 is 23.4 Å². The first-order valence-corrected chi connectivity index (χ1v) is 14.4. The van der Waals surface area contributed by atoms with Crippen LogP contribution in [-0.4, -0.2) is 60.0 Å². The number of hydrogen-bond donors (Lipinski definition) is 1. The fraction of sp³-hybridized carbons (Fsp3) is 0.226. The molecule has 0 bridgehead atoms. The number of aromatic carboxylic acids is 1. The minimum atomic E-state index is -1.03. The molecule has 0 spiro atoms. The molecule has 4 rings (SSSR count). The summed E-state index contributed by atoms with van der Waals surface area (Å²) in [5.41, 5.74) is 2.07. The molecule has 10 nitrogen and oxygen atoms in total. The van der Waals surface area contributed by atoms with Gasteiger partial charge < -0.3 is 24.1 Å². The number of carbonyl (C=O) groups is 3. The van der Waals surface area contributed by atoms with E-state index in [-0.39, 0.29) is 42.0 Å². The van der Waals surface area contributed by atoms with Crippen LogP contribution in [0.15, 0.2) is 70.6 Å². The summed E-state index contributed by atoms with van der Waals surface area (Å²) < 4.78 is 21.5. The van der Waals surface area contributed by atoms with Crippen molar-refractivity contribution in [2.45, 2.75) is 20.4 Å². The molecule has 1 fully saturated rings. The third kappa shape index (κ3) is 8.08. The van der Waals surface area contributed by atoms with Gasteiger partial charge in [0.15, 0.2) is 23.3 Å². The van der Waals surface area contributed by atoms with Gasteiger partial charge in [-0.05, 0) is 91.3 Å². The SMILES string of the molecule is CCOC(=O)COc1c(Cl)cc(/C=C2\SC(=Nc3ccc(OC)cc3)N(Cc3ccc(C(=O)O)cc3)C2=O)cc1OCC. The quantitative estimate of drug-likeness (QED) is 0.185. The largest absolute Gasteiger partial charge is 0.497 e. The van der Waals surface area contributed by atoms with Crippen LogP contribution in [0.4, 0.5) is 5.69 Å². The van der Waals surface area contributed by atoms with Crippen molar-refractivity contribution in [2.75, 3.05) is 26.9 Å². The van der Waals surface area contributed by atoms with Crippen molar-refractivity contribution in [3.63, 3.8) is 0 Å². The number of carboxylic acid groups (broad SMARTS) is 1. The monoisotopic (exact) mass is 624 g/mol. The van der Waals surface area contributed by atoms with Gasteiger partial charge in [-0.25, -0.2) is 14.6 Å². The summed E-state index contributed by atoms with van der Waals surface area (Å²) in [4.78, 5) is 43.4. The predicted octanol–water partition coefficient (Wildman–Crippen LogP) is 6.19. The van der Waals surface area contributed by atoms with Crippen LogP contribution in [0.2, 0.25) is 5.02 Å². The number of nitrogens with zero attached hydrogens (tertiary/aromatic N) is 2. The van der Waals surface area contributed by atoms with Gasteiger partial charge in [-0.2, -0.15) is 0 Å². The molecule has 3 aromatic carbocycles. The lowest BCUT2D eigenvalue weighted by atomic mass is 10.1. The second-order valence-corrected chi connectivity index (χ2v) is 10.4. The Balaban J connectivity index is 1.67. The van der Waals surface area contributed by atoms with E-state index in [0.717, 1.165) is 5.56 Å². The lowest BCUT2D eigenvalue weighted by Gasteiger charge is -2.16. The summed E-state index contributed by atoms with van der Waals surface area (Å²) in [5, 5.41) is 9.87. The minimum absolute atomic E-state index is 0.148. The van der Waals surface area contributed by atoms with Crippen molar-refractivity contribution < 1.29 is 38.4 Å². The number of carbonyl (C=O) groups excluding carboxylic acids is 2. The number of amides is 1. The third-order valence-corrected chi connectivity index (χ3v) is 7.28. The van der Waals surface area contributed by atoms with Crippen molar-refractivity contribution in [3.8, 4) is 17.2 Å². The number of amidine groups is 1. The molecule has 0 radical (unpaired) electrons. The normalized spacial score (nSPS) is 14.7. The molecule has 1 saturated heterocycles. The molecule has 3 aromatic rings. The molecule has 0 atom stereocenters. The number of methoxy groups -OCH3 is 1. The number of hydrogen-bond acceptors (Lipinski definition) is 9. The number of thioether (sulfide) groups is 1. The number of ether oxygens (including phenoxy) is 4. The number of carboxylic acids is 1. The first-order valence-electron chi connectivity index (χ1n) is 13.2. The summed E-state index contributed by atoms with van der Waals surface area (Å²) in [6.45, 7) is 3.87. The second-order valence-electron chi connectivity index (χ2n) is 8.95. The maximum atomic E-state index is 13.7. The van der Waals surface area contributed by atoms with E-state index in [2.05, 4.69) is 0 Å². The highest BCUT2D eigenvalue weighted by Crippen LogP contribution is 2.40. The fourth-order valence-electron chi connectivity index (χ4n) is 3.99. The molecule has 0 saturated carbocycles. The van der Waals surface area contributed by atoms with E-state index in [4.69, 9.17) is 35.5 Å². The highest BCUT2D eigenvalue weighted by molar-refractivity contribution is 8.18. The lowest BCUT2D eigenvalue weighted by Crippen LogP contribution is -2.28. The molecular formula is C31H29ClN2O8S. The van der Waals surface area contributed by atoms with Gasteiger partial charge in [-0.15, -0.1) is 0 Å². The van der Waals surface area contributed by atoms with Crippen LogP contribution in [0.1, 0.15) is 35.3 Å². The number of halogens is 1. The van der Waals surface area contributed by atoms with Crippen molar-refractivity contribution in [2.24, 2.45) is 4.99 Å². The van der Waals surface area contributed by atoms with Crippen LogP contribution < -0.4 is 14.2 Å². The second kappa shape index (κ2) is 14.6. The standard InChI is InChI=1S/C31H29ClN2O8S/c1-4-40-25-15-20(14-24(32)28(25)42-18-27(35)41-5-2)16-26-29(36)34(17-19-6-8-21(9-7-19)30(37)38)31(43-26)33-22-10-12-23(39-3)13-11-22/h6-16H,4-5,17-18H2,1-3H3,(H,37,38)/b26-16-,33-31?. The Hall–Kier alpha value is -4.48. The van der Waals surface area contributed by atoms with Gasteiger partial charge in [0.05, 0.1) is 48.0 Å². The van der Waals surface area contributed by atoms with Crippen LogP contribution in [-0.2, 0) is 20.9 Å². The summed E-state index contributed by atoms with van der Waals surface area (Å²) in [6.07, 6.45) is 1.67. The Morgan fingerprint density at radius 3 is 2.37 bits per heavy atom. The van der Waals surface area contributed by atoms with Crippen molar-refractivity contribution >= 4 is 58.1 Å². The first-order chi connectivity index (χ1) is 20.7. The minimum Gasteiger partial charge on any atom is -0.497 e. The topological polar surface area (TPSA) is 124 Å². The van der Waals surface area contributed by atoms with Gasteiger partial charge >= 0.3 is 11.9 Å². The molecule has 12 heteroatoms. The molecule has 1 aliphatic rings. The smallest absolute Gasteiger partial charge is 0.344 e. The number of aliphatic imine (C=N–C) groups is 1. The van der Waals surface area contributed by atoms with Gasteiger partial charge in [0.25, 0.3) is 5.91 Å². The number of esters is 1. The van der Waals surface area contributed by atoms with Gasteiger partial charge in [0.1, 0.15) is 5.75 Å². The van der Waals surface area contributed by atoms with E-state index < -0.39 is 11.9 Å². The van der Waals surface area contributed by atoms with Gasteiger partial charge in [0, 0.05) is 0 Å². The Morgan fingerprint density at radius 2 is 1.74 bits per heavy atom. The summed E-state index contributed by atoms with van der Waals surface area (Å²) in [5.74, 6) is -0.695. The van der Waals surface area contributed by atoms with Crippen molar-refractivity contribution in [3.05, 3.63) is 87.3 Å². The highest BCUT2D eigenvalue weighted by Gasteiger charge is 2.34. The summed E-state index contributed by atoms with van der Waals surface area (Å²) in [7, 11) is 1.57. The van der Waals surface area contributed by atoms with Crippen LogP contribution in [0.3, 0.4) is 0 Å². The van der Waals surface area contributed by atoms with Gasteiger partial charge in [0.2, 0.25) is 0 Å². The maximum absolute atomic E-state index is 13.7. The molecule has 43 heavy (non-hydrogen) atoms. The zero-order valence-corrected chi connectivity index (χ0v) is 25.2. The summed E-state index contributed by atoms with van der Waals surface area (Å²) >= 11 is 7.71. The van der Waals surface area contributed by atoms with Crippen LogP contribution in [0.25, 0.3) is 6.08 Å². The number of rotatable bonds is 12. The number of benzene rings is 3. The average molecular weight is 625 g/mol. The molecule has 1 N–H and O–H groups in total. The molecule has 1 aliphatic heterocycles. The average Bonchev–Trinajstić information content (AvgIpc) is 3.26. The zero-order chi connectivity index (χ0) is 30.9. The highest BCUT2D eigenvalue weighted by atomic mass is 35.5. The molecule has 224 valence electrons. The van der Waals surface area contributed by atoms with E-state index in [1.165, 1.54) is 28.8 Å². The van der Waals surface area contributed by atoms with E-state index in [1.807, 2.05) is 0 Å². The van der Waals surface area contributed by atoms with E-state index in [1.54, 1.807) is 75.6 Å². The third-order valence-electron chi connectivity index (χ3n) is 6.00. The molecule has 0 aromatic heterocycles. The molecule has 0 unspecified atom stereocenters. The molecule has 1 amide bonds. The van der Waals surface area contributed by atoms with Crippen LogP contribution in [0.5, 0.6) is 17.2 Å². The van der Waals surface area contributed by atoms with Crippen molar-refractivity contribution in [1.82, 2.24) is 4.90 Å². The lowest BCUT2D eigenvalue weighted by molar-refractivity contribution is -0.145. The Labute approximate surface area is 257 Å². The Kier molecular flexibility index (Phi) is 10.7. The zero-order valence-electron chi connectivity index (χ0n) is 23.7. The molecular weight excluding hydrogens is 596 g/mol. The van der Waals surface area contributed by atoms with Crippen LogP contribution in [0, 0.1) is 0 Å². The maximum Gasteiger partial charge on any atom is 0.344 e. The Morgan fingerprint density at radius 1 is 1.02 bits per heavy atom. The van der Waals surface area contributed by atoms with E-state index >= 15 is 0 Å².